The minimum absolute atomic E-state index is 0.361. The van der Waals surface area contributed by atoms with Gasteiger partial charge in [0.15, 0.2) is 0 Å². The number of hydrogen-bond acceptors (Lipinski definition) is 5. The Labute approximate surface area is 155 Å². The van der Waals surface area contributed by atoms with Crippen LogP contribution in [0.25, 0.3) is 16.9 Å². The molecule has 1 saturated heterocycles. The van der Waals surface area contributed by atoms with Gasteiger partial charge in [-0.3, -0.25) is 0 Å². The van der Waals surface area contributed by atoms with Crippen molar-refractivity contribution in [2.75, 3.05) is 18.6 Å². The van der Waals surface area contributed by atoms with Gasteiger partial charge in [0.2, 0.25) is 5.88 Å². The maximum Gasteiger partial charge on any atom is 0.257 e. The van der Waals surface area contributed by atoms with Crippen LogP contribution in [-0.4, -0.2) is 39.3 Å². The van der Waals surface area contributed by atoms with Crippen LogP contribution in [0.1, 0.15) is 19.8 Å². The number of anilines is 1. The molecule has 1 fully saturated rings. The monoisotopic (exact) mass is 377 g/mol. The number of methoxy groups -OCH3 is 1. The molecule has 25 heavy (non-hydrogen) atoms. The van der Waals surface area contributed by atoms with Crippen molar-refractivity contribution in [3.8, 4) is 17.0 Å². The van der Waals surface area contributed by atoms with Gasteiger partial charge in [-0.05, 0) is 31.9 Å². The van der Waals surface area contributed by atoms with Crippen molar-refractivity contribution in [3.05, 3.63) is 34.6 Å². The van der Waals surface area contributed by atoms with Crippen molar-refractivity contribution in [2.45, 2.75) is 25.8 Å². The highest BCUT2D eigenvalue weighted by atomic mass is 35.5. The summed E-state index contributed by atoms with van der Waals surface area (Å²) in [7, 11) is 1.58. The van der Waals surface area contributed by atoms with Crippen LogP contribution in [-0.2, 0) is 0 Å². The first-order valence-electron chi connectivity index (χ1n) is 8.10. The number of benzene rings is 1. The summed E-state index contributed by atoms with van der Waals surface area (Å²) in [6.45, 7) is 3.11. The molecule has 0 aliphatic carbocycles. The van der Waals surface area contributed by atoms with Crippen LogP contribution in [0.15, 0.2) is 24.5 Å². The lowest BCUT2D eigenvalue weighted by Gasteiger charge is -2.27. The van der Waals surface area contributed by atoms with E-state index in [2.05, 4.69) is 26.9 Å². The highest BCUT2D eigenvalue weighted by Gasteiger charge is 2.31. The van der Waals surface area contributed by atoms with E-state index in [-0.39, 0.29) is 0 Å². The number of aromatic nitrogens is 4. The number of fused-ring (bicyclic) bond motifs is 1. The third-order valence-electron chi connectivity index (χ3n) is 4.60. The van der Waals surface area contributed by atoms with E-state index < -0.39 is 0 Å². The molecule has 2 aromatic heterocycles. The van der Waals surface area contributed by atoms with Gasteiger partial charge in [-0.25, -0.2) is 0 Å². The molecule has 0 radical (unpaired) electrons. The molecule has 1 unspecified atom stereocenters. The number of ether oxygens (including phenoxy) is 1. The van der Waals surface area contributed by atoms with Gasteiger partial charge in [-0.1, -0.05) is 29.3 Å². The topological polar surface area (TPSA) is 55.6 Å². The molecular weight excluding hydrogens is 361 g/mol. The van der Waals surface area contributed by atoms with Gasteiger partial charge in [0, 0.05) is 18.2 Å². The van der Waals surface area contributed by atoms with E-state index in [1.807, 2.05) is 18.2 Å². The van der Waals surface area contributed by atoms with Crippen LogP contribution >= 0.6 is 23.2 Å². The first-order valence-corrected chi connectivity index (χ1v) is 8.86. The number of hydrogen-bond donors (Lipinski definition) is 0. The molecule has 1 aromatic carbocycles. The standard InChI is InChI=1S/C17H17Cl2N5O/c1-10-5-4-8-23(10)16-14(13-11(18)6-3-7-12(13)19)15(25-2)22-17-20-9-21-24(16)17/h3,6-7,9-10H,4-5,8H2,1-2H3. The average Bonchev–Trinajstić information content (AvgIpc) is 3.22. The third kappa shape index (κ3) is 2.60. The van der Waals surface area contributed by atoms with Crippen molar-refractivity contribution in [3.63, 3.8) is 0 Å². The Morgan fingerprint density at radius 3 is 2.60 bits per heavy atom. The summed E-state index contributed by atoms with van der Waals surface area (Å²) in [6.07, 6.45) is 3.71. The van der Waals surface area contributed by atoms with E-state index in [1.54, 1.807) is 11.6 Å². The van der Waals surface area contributed by atoms with Crippen molar-refractivity contribution in [1.29, 1.82) is 0 Å². The fourth-order valence-electron chi connectivity index (χ4n) is 3.43. The summed E-state index contributed by atoms with van der Waals surface area (Å²) in [4.78, 5) is 11.0. The Kier molecular flexibility index (Phi) is 4.17. The summed E-state index contributed by atoms with van der Waals surface area (Å²) in [5.74, 6) is 1.78. The second-order valence-electron chi connectivity index (χ2n) is 6.07. The summed E-state index contributed by atoms with van der Waals surface area (Å²) in [5, 5.41) is 5.46. The molecule has 1 aliphatic heterocycles. The Morgan fingerprint density at radius 2 is 1.96 bits per heavy atom. The molecule has 3 heterocycles. The van der Waals surface area contributed by atoms with E-state index in [9.17, 15) is 0 Å². The van der Waals surface area contributed by atoms with Crippen molar-refractivity contribution in [1.82, 2.24) is 19.6 Å². The molecule has 0 spiro atoms. The third-order valence-corrected chi connectivity index (χ3v) is 5.23. The molecule has 1 atom stereocenters. The molecule has 6 nitrogen and oxygen atoms in total. The van der Waals surface area contributed by atoms with Crippen LogP contribution in [0.3, 0.4) is 0 Å². The SMILES string of the molecule is COc1nc2ncnn2c(N2CCCC2C)c1-c1c(Cl)cccc1Cl. The first-order chi connectivity index (χ1) is 12.1. The molecule has 8 heteroatoms. The Hall–Kier alpha value is -2.05. The van der Waals surface area contributed by atoms with Crippen LogP contribution in [0.5, 0.6) is 5.88 Å². The second kappa shape index (κ2) is 6.35. The minimum atomic E-state index is 0.361. The second-order valence-corrected chi connectivity index (χ2v) is 6.89. The van der Waals surface area contributed by atoms with Crippen LogP contribution in [0.2, 0.25) is 10.0 Å². The molecule has 3 aromatic rings. The minimum Gasteiger partial charge on any atom is -0.480 e. The molecule has 0 N–H and O–H groups in total. The largest absolute Gasteiger partial charge is 0.480 e. The quantitative estimate of drug-likeness (QED) is 0.687. The summed E-state index contributed by atoms with van der Waals surface area (Å²) >= 11 is 13.0. The van der Waals surface area contributed by atoms with Gasteiger partial charge in [-0.2, -0.15) is 19.6 Å². The lowest BCUT2D eigenvalue weighted by molar-refractivity contribution is 0.399. The lowest BCUT2D eigenvalue weighted by atomic mass is 10.1. The zero-order valence-electron chi connectivity index (χ0n) is 13.9. The fourth-order valence-corrected chi connectivity index (χ4v) is 4.01. The summed E-state index contributed by atoms with van der Waals surface area (Å²) in [6, 6.07) is 5.80. The van der Waals surface area contributed by atoms with E-state index in [0.29, 0.717) is 33.3 Å². The predicted octanol–water partition coefficient (Wildman–Crippen LogP) is 4.10. The zero-order chi connectivity index (χ0) is 17.6. The van der Waals surface area contributed by atoms with Crippen LogP contribution in [0, 0.1) is 0 Å². The zero-order valence-corrected chi connectivity index (χ0v) is 15.4. The van der Waals surface area contributed by atoms with Gasteiger partial charge in [0.05, 0.1) is 22.7 Å². The summed E-state index contributed by atoms with van der Waals surface area (Å²) in [5.41, 5.74) is 1.44. The van der Waals surface area contributed by atoms with E-state index in [0.717, 1.165) is 30.8 Å². The van der Waals surface area contributed by atoms with Crippen LogP contribution in [0.4, 0.5) is 5.82 Å². The predicted molar refractivity (Wildman–Crippen MR) is 98.8 cm³/mol. The van der Waals surface area contributed by atoms with Gasteiger partial charge in [0.25, 0.3) is 5.78 Å². The highest BCUT2D eigenvalue weighted by Crippen LogP contribution is 2.45. The molecule has 4 rings (SSSR count). The van der Waals surface area contributed by atoms with Gasteiger partial charge < -0.3 is 9.64 Å². The maximum atomic E-state index is 6.50. The number of rotatable bonds is 3. The fraction of sp³-hybridized carbons (Fsp3) is 0.353. The van der Waals surface area contributed by atoms with Crippen molar-refractivity contribution < 1.29 is 4.74 Å². The first kappa shape index (κ1) is 16.4. The maximum absolute atomic E-state index is 6.50. The average molecular weight is 378 g/mol. The Morgan fingerprint density at radius 1 is 1.20 bits per heavy atom. The number of nitrogens with zero attached hydrogens (tertiary/aromatic N) is 5. The number of halogens is 2. The molecule has 0 bridgehead atoms. The Bertz CT molecular complexity index is 922. The van der Waals surface area contributed by atoms with E-state index >= 15 is 0 Å². The lowest BCUT2D eigenvalue weighted by Crippen LogP contribution is -2.29. The van der Waals surface area contributed by atoms with Gasteiger partial charge in [-0.15, -0.1) is 0 Å². The molecule has 0 saturated carbocycles. The van der Waals surface area contributed by atoms with Crippen molar-refractivity contribution in [2.24, 2.45) is 0 Å². The molecule has 1 aliphatic rings. The highest BCUT2D eigenvalue weighted by molar-refractivity contribution is 6.39. The van der Waals surface area contributed by atoms with Gasteiger partial charge >= 0.3 is 0 Å². The smallest absolute Gasteiger partial charge is 0.257 e. The normalized spacial score (nSPS) is 17.4. The van der Waals surface area contributed by atoms with Gasteiger partial charge in [0.1, 0.15) is 12.1 Å². The molecule has 130 valence electrons. The summed E-state index contributed by atoms with van der Waals surface area (Å²) < 4.78 is 7.32. The van der Waals surface area contributed by atoms with E-state index in [1.165, 1.54) is 6.33 Å². The van der Waals surface area contributed by atoms with E-state index in [4.69, 9.17) is 27.9 Å². The molecule has 0 amide bonds. The van der Waals surface area contributed by atoms with Crippen LogP contribution < -0.4 is 9.64 Å². The molecular formula is C17H17Cl2N5O. The van der Waals surface area contributed by atoms with Crippen molar-refractivity contribution >= 4 is 34.8 Å². The Balaban J connectivity index is 2.11.